The number of rotatable bonds is 5. The lowest BCUT2D eigenvalue weighted by Crippen LogP contribution is -2.49. The van der Waals surface area contributed by atoms with Crippen molar-refractivity contribution in [1.82, 2.24) is 25.0 Å². The zero-order valence-electron chi connectivity index (χ0n) is 20.9. The first kappa shape index (κ1) is 32.5. The molecule has 0 aromatic carbocycles. The van der Waals surface area contributed by atoms with Gasteiger partial charge < -0.3 is 20.3 Å². The number of hydrogen-bond acceptors (Lipinski definition) is 7. The Morgan fingerprint density at radius 1 is 0.950 bits per heavy atom. The summed E-state index contributed by atoms with van der Waals surface area (Å²) in [6, 6.07) is 6.19. The highest BCUT2D eigenvalue weighted by Crippen LogP contribution is 2.26. The summed E-state index contributed by atoms with van der Waals surface area (Å²) in [6.45, 7) is 3.80. The highest BCUT2D eigenvalue weighted by Gasteiger charge is 2.39. The Bertz CT molecular complexity index is 1080. The monoisotopic (exact) mass is 583 g/mol. The van der Waals surface area contributed by atoms with Crippen molar-refractivity contribution in [2.75, 3.05) is 26.3 Å². The third kappa shape index (κ3) is 10.4. The number of carbonyl (C=O) groups excluding carboxylic acids is 1. The van der Waals surface area contributed by atoms with Gasteiger partial charge in [-0.25, -0.2) is 9.59 Å². The second-order valence-electron chi connectivity index (χ2n) is 8.56. The molecule has 2 aromatic rings. The second-order valence-corrected chi connectivity index (χ2v) is 8.56. The van der Waals surface area contributed by atoms with Crippen molar-refractivity contribution in [2.45, 2.75) is 50.2 Å². The van der Waals surface area contributed by atoms with Crippen LogP contribution in [0.2, 0.25) is 0 Å². The van der Waals surface area contributed by atoms with E-state index >= 15 is 0 Å². The van der Waals surface area contributed by atoms with E-state index in [0.717, 1.165) is 44.7 Å². The minimum atomic E-state index is -5.08. The molecule has 0 spiro atoms. The van der Waals surface area contributed by atoms with E-state index < -0.39 is 24.3 Å². The van der Waals surface area contributed by atoms with E-state index in [9.17, 15) is 31.1 Å². The van der Waals surface area contributed by atoms with Crippen LogP contribution >= 0.6 is 0 Å². The number of carboxylic acid groups (broad SMARTS) is 2. The minimum absolute atomic E-state index is 0.0424. The van der Waals surface area contributed by atoms with Gasteiger partial charge in [0, 0.05) is 57.5 Å². The van der Waals surface area contributed by atoms with Crippen LogP contribution < -0.4 is 5.32 Å². The fourth-order valence-corrected chi connectivity index (χ4v) is 3.84. The molecule has 1 atom stereocenters. The Balaban J connectivity index is 0.000000333. The SMILES string of the molecule is O=C(NCCc1ccncc1)C1CN(C2CCOCC2)Cc2ccnn21.O=C(O)C(F)(F)F.O=C(O)C(F)(F)F. The molecule has 1 amide bonds. The average molecular weight is 583 g/mol. The molecule has 17 heteroatoms. The molecule has 2 aromatic heterocycles. The van der Waals surface area contributed by atoms with Gasteiger partial charge in [-0.3, -0.25) is 19.4 Å². The van der Waals surface area contributed by atoms with Gasteiger partial charge in [-0.1, -0.05) is 0 Å². The second kappa shape index (κ2) is 14.6. The number of alkyl halides is 6. The zero-order valence-corrected chi connectivity index (χ0v) is 20.9. The third-order valence-electron chi connectivity index (χ3n) is 5.78. The fraction of sp³-hybridized carbons (Fsp3) is 0.522. The standard InChI is InChI=1S/C19H25N5O2.2C2HF3O2/c25-19(21-9-3-15-1-7-20-8-2-15)18-14-23(16-5-11-26-12-6-16)13-17-4-10-22-24(17)18;2*3-2(4,5)1(6)7/h1-2,4,7-8,10,16,18H,3,5-6,9,11-14H2,(H,21,25);2*(H,6,7). The first-order valence-corrected chi connectivity index (χ1v) is 11.8. The molecule has 1 fully saturated rings. The highest BCUT2D eigenvalue weighted by atomic mass is 19.4. The summed E-state index contributed by atoms with van der Waals surface area (Å²) in [5.74, 6) is -5.47. The summed E-state index contributed by atoms with van der Waals surface area (Å²) >= 11 is 0. The lowest BCUT2D eigenvalue weighted by molar-refractivity contribution is -0.193. The van der Waals surface area contributed by atoms with Gasteiger partial charge in [0.05, 0.1) is 5.69 Å². The first-order valence-electron chi connectivity index (χ1n) is 11.8. The summed E-state index contributed by atoms with van der Waals surface area (Å²) < 4.78 is 70.8. The van der Waals surface area contributed by atoms with Gasteiger partial charge >= 0.3 is 24.3 Å². The van der Waals surface area contributed by atoms with Crippen LogP contribution in [0.4, 0.5) is 26.3 Å². The molecule has 11 nitrogen and oxygen atoms in total. The number of hydrogen-bond donors (Lipinski definition) is 3. The quantitative estimate of drug-likeness (QED) is 0.452. The maximum Gasteiger partial charge on any atom is 0.490 e. The molecule has 4 rings (SSSR count). The highest BCUT2D eigenvalue weighted by molar-refractivity contribution is 5.80. The molecule has 0 bridgehead atoms. The van der Waals surface area contributed by atoms with E-state index in [1.54, 1.807) is 18.6 Å². The molecular weight excluding hydrogens is 556 g/mol. The van der Waals surface area contributed by atoms with Crippen molar-refractivity contribution in [3.8, 4) is 0 Å². The molecule has 3 N–H and O–H groups in total. The molecule has 0 aliphatic carbocycles. The number of ether oxygens (including phenoxy) is 1. The van der Waals surface area contributed by atoms with E-state index in [0.29, 0.717) is 19.1 Å². The largest absolute Gasteiger partial charge is 0.490 e. The van der Waals surface area contributed by atoms with Gasteiger partial charge in [-0.15, -0.1) is 0 Å². The van der Waals surface area contributed by atoms with Gasteiger partial charge in [0.2, 0.25) is 5.91 Å². The number of nitrogens with one attached hydrogen (secondary N) is 1. The molecule has 1 unspecified atom stereocenters. The van der Waals surface area contributed by atoms with Crippen LogP contribution in [0, 0.1) is 0 Å². The van der Waals surface area contributed by atoms with Crippen LogP contribution in [0.25, 0.3) is 0 Å². The molecule has 40 heavy (non-hydrogen) atoms. The Morgan fingerprint density at radius 2 is 1.50 bits per heavy atom. The molecule has 2 aliphatic heterocycles. The molecule has 1 saturated heterocycles. The fourth-order valence-electron chi connectivity index (χ4n) is 3.84. The number of carboxylic acids is 2. The predicted molar refractivity (Wildman–Crippen MR) is 124 cm³/mol. The van der Waals surface area contributed by atoms with E-state index in [1.165, 1.54) is 5.56 Å². The van der Waals surface area contributed by atoms with Gasteiger partial charge in [-0.05, 0) is 43.0 Å². The van der Waals surface area contributed by atoms with E-state index in [1.807, 2.05) is 22.9 Å². The van der Waals surface area contributed by atoms with E-state index in [-0.39, 0.29) is 11.9 Å². The molecule has 222 valence electrons. The van der Waals surface area contributed by atoms with Crippen molar-refractivity contribution >= 4 is 17.8 Å². The van der Waals surface area contributed by atoms with Gasteiger partial charge in [0.1, 0.15) is 6.04 Å². The lowest BCUT2D eigenvalue weighted by atomic mass is 10.0. The summed E-state index contributed by atoms with van der Waals surface area (Å²) in [5.41, 5.74) is 2.28. The Hall–Kier alpha value is -3.73. The van der Waals surface area contributed by atoms with Crippen molar-refractivity contribution in [3.05, 3.63) is 48.0 Å². The number of aromatic nitrogens is 3. The van der Waals surface area contributed by atoms with Gasteiger partial charge in [0.25, 0.3) is 0 Å². The number of nitrogens with zero attached hydrogens (tertiary/aromatic N) is 4. The number of halogens is 6. The average Bonchev–Trinajstić information content (AvgIpc) is 3.38. The molecular formula is C23H27F6N5O6. The van der Waals surface area contributed by atoms with Crippen molar-refractivity contribution < 1.29 is 55.7 Å². The van der Waals surface area contributed by atoms with Crippen LogP contribution in [-0.2, 0) is 32.1 Å². The summed E-state index contributed by atoms with van der Waals surface area (Å²) in [6.07, 6.45) is -1.95. The third-order valence-corrected chi connectivity index (χ3v) is 5.78. The van der Waals surface area contributed by atoms with Crippen LogP contribution in [0.15, 0.2) is 36.8 Å². The van der Waals surface area contributed by atoms with Crippen molar-refractivity contribution in [1.29, 1.82) is 0 Å². The van der Waals surface area contributed by atoms with E-state index in [2.05, 4.69) is 20.3 Å². The Labute approximate surface area is 223 Å². The smallest absolute Gasteiger partial charge is 0.475 e. The molecule has 0 saturated carbocycles. The zero-order chi connectivity index (χ0) is 29.9. The minimum Gasteiger partial charge on any atom is -0.475 e. The maximum atomic E-state index is 12.8. The van der Waals surface area contributed by atoms with Crippen LogP contribution in [0.5, 0.6) is 0 Å². The Morgan fingerprint density at radius 3 is 2.02 bits per heavy atom. The Kier molecular flexibility index (Phi) is 11.9. The molecule has 2 aliphatic rings. The maximum absolute atomic E-state index is 12.8. The van der Waals surface area contributed by atoms with E-state index in [4.69, 9.17) is 24.5 Å². The number of aliphatic carboxylic acids is 2. The number of pyridine rings is 1. The van der Waals surface area contributed by atoms with Crippen LogP contribution in [-0.4, -0.2) is 92.4 Å². The lowest BCUT2D eigenvalue weighted by Gasteiger charge is -2.39. The summed E-state index contributed by atoms with van der Waals surface area (Å²) in [4.78, 5) is 37.1. The molecule has 0 radical (unpaired) electrons. The number of fused-ring (bicyclic) bond motifs is 1. The normalized spacial score (nSPS) is 17.8. The van der Waals surface area contributed by atoms with Crippen LogP contribution in [0.3, 0.4) is 0 Å². The predicted octanol–water partition coefficient (Wildman–Crippen LogP) is 2.44. The first-order chi connectivity index (χ1) is 18.7. The summed E-state index contributed by atoms with van der Waals surface area (Å²) in [7, 11) is 0. The van der Waals surface area contributed by atoms with Crippen LogP contribution in [0.1, 0.15) is 30.1 Å². The molecule has 4 heterocycles. The van der Waals surface area contributed by atoms with Gasteiger partial charge in [0.15, 0.2) is 0 Å². The topological polar surface area (TPSA) is 147 Å². The van der Waals surface area contributed by atoms with Crippen molar-refractivity contribution in [3.63, 3.8) is 0 Å². The van der Waals surface area contributed by atoms with Crippen molar-refractivity contribution in [2.24, 2.45) is 0 Å². The van der Waals surface area contributed by atoms with Gasteiger partial charge in [-0.2, -0.15) is 31.4 Å². The summed E-state index contributed by atoms with van der Waals surface area (Å²) in [5, 5.41) is 21.7. The number of amides is 1. The number of carbonyl (C=O) groups is 3.